The molecule has 48 heavy (non-hydrogen) atoms. The van der Waals surface area contributed by atoms with E-state index in [4.69, 9.17) is 39.5 Å². The molecule has 1 N–H and O–H groups in total. The molecule has 1 unspecified atom stereocenters. The molecule has 258 valence electrons. The van der Waals surface area contributed by atoms with E-state index in [1.165, 1.54) is 55.3 Å². The van der Waals surface area contributed by atoms with Crippen LogP contribution in [0.2, 0.25) is 15.1 Å². The number of methoxy groups -OCH3 is 1. The Balaban J connectivity index is 1.82. The van der Waals surface area contributed by atoms with E-state index < -0.39 is 44.0 Å². The van der Waals surface area contributed by atoms with Gasteiger partial charge in [0.1, 0.15) is 18.3 Å². The van der Waals surface area contributed by atoms with Crippen molar-refractivity contribution in [3.63, 3.8) is 0 Å². The molecular formula is C33H37Cl3N4O7S. The summed E-state index contributed by atoms with van der Waals surface area (Å²) >= 11 is 18.9. The lowest BCUT2D eigenvalue weighted by Crippen LogP contribution is -2.54. The Morgan fingerprint density at radius 1 is 1.02 bits per heavy atom. The van der Waals surface area contributed by atoms with Crippen LogP contribution in [0.4, 0.5) is 11.4 Å². The zero-order valence-electron chi connectivity index (χ0n) is 26.7. The third-order valence-corrected chi connectivity index (χ3v) is 10.9. The number of hydrogen-bond acceptors (Lipinski definition) is 7. The van der Waals surface area contributed by atoms with Crippen molar-refractivity contribution in [2.75, 3.05) is 18.0 Å². The van der Waals surface area contributed by atoms with Gasteiger partial charge in [-0.25, -0.2) is 8.42 Å². The molecule has 15 heteroatoms. The molecule has 0 aromatic heterocycles. The summed E-state index contributed by atoms with van der Waals surface area (Å²) in [5.74, 6) is -1.03. The van der Waals surface area contributed by atoms with Crippen LogP contribution >= 0.6 is 34.8 Å². The van der Waals surface area contributed by atoms with E-state index in [0.29, 0.717) is 10.6 Å². The Hall–Kier alpha value is -3.58. The van der Waals surface area contributed by atoms with E-state index in [2.05, 4.69) is 5.32 Å². The van der Waals surface area contributed by atoms with Crippen LogP contribution in [0.5, 0.6) is 5.75 Å². The Morgan fingerprint density at radius 2 is 1.69 bits per heavy atom. The lowest BCUT2D eigenvalue weighted by atomic mass is 9.95. The van der Waals surface area contributed by atoms with Crippen molar-refractivity contribution in [2.24, 2.45) is 0 Å². The Labute approximate surface area is 295 Å². The average Bonchev–Trinajstić information content (AvgIpc) is 3.04. The van der Waals surface area contributed by atoms with Gasteiger partial charge in [-0.2, -0.15) is 0 Å². The minimum Gasteiger partial charge on any atom is -0.495 e. The van der Waals surface area contributed by atoms with Crippen LogP contribution in [0.1, 0.15) is 56.6 Å². The first-order chi connectivity index (χ1) is 22.8. The molecule has 0 bridgehead atoms. The van der Waals surface area contributed by atoms with Crippen LogP contribution in [0.25, 0.3) is 0 Å². The lowest BCUT2D eigenvalue weighted by Gasteiger charge is -2.35. The van der Waals surface area contributed by atoms with Crippen LogP contribution in [-0.4, -0.2) is 55.8 Å². The number of aryl methyl sites for hydroxylation is 1. The molecular weight excluding hydrogens is 703 g/mol. The van der Waals surface area contributed by atoms with Gasteiger partial charge in [-0.3, -0.25) is 24.0 Å². The average molecular weight is 740 g/mol. The van der Waals surface area contributed by atoms with Gasteiger partial charge in [0.25, 0.3) is 15.7 Å². The molecule has 0 aliphatic heterocycles. The van der Waals surface area contributed by atoms with Gasteiger partial charge in [0.2, 0.25) is 11.8 Å². The number of carbonyl (C=O) groups is 2. The monoisotopic (exact) mass is 738 g/mol. The van der Waals surface area contributed by atoms with Crippen molar-refractivity contribution in [2.45, 2.75) is 75.9 Å². The highest BCUT2D eigenvalue weighted by Gasteiger charge is 2.36. The summed E-state index contributed by atoms with van der Waals surface area (Å²) in [7, 11) is -3.34. The summed E-state index contributed by atoms with van der Waals surface area (Å²) in [6.45, 7) is 2.30. The van der Waals surface area contributed by atoms with Gasteiger partial charge in [0, 0.05) is 39.3 Å². The minimum atomic E-state index is -4.67. The van der Waals surface area contributed by atoms with Gasteiger partial charge >= 0.3 is 0 Å². The summed E-state index contributed by atoms with van der Waals surface area (Å²) in [6.07, 6.45) is 4.91. The van der Waals surface area contributed by atoms with Crippen LogP contribution in [-0.2, 0) is 26.2 Å². The normalized spacial score (nSPS) is 14.2. The van der Waals surface area contributed by atoms with E-state index in [1.54, 1.807) is 19.1 Å². The number of anilines is 1. The molecule has 1 atom stereocenters. The van der Waals surface area contributed by atoms with Crippen LogP contribution in [0.15, 0.2) is 59.5 Å². The van der Waals surface area contributed by atoms with Crippen molar-refractivity contribution in [3.05, 3.63) is 90.9 Å². The SMILES string of the molecule is CCC(C(=O)NC1CCCCC1)N(Cc1ccc(Cl)cc1Cl)C(=O)CN(c1cc(Cl)ccc1OC)S(=O)(=O)c1ccc(C)c([N+](=O)[O-])c1. The van der Waals surface area contributed by atoms with Crippen LogP contribution in [0.3, 0.4) is 0 Å². The molecule has 11 nitrogen and oxygen atoms in total. The van der Waals surface area contributed by atoms with Crippen molar-refractivity contribution >= 4 is 68.0 Å². The second-order valence-electron chi connectivity index (χ2n) is 11.6. The number of nitrogens with one attached hydrogen (secondary N) is 1. The number of sulfonamides is 1. The van der Waals surface area contributed by atoms with Gasteiger partial charge in [-0.05, 0) is 68.1 Å². The molecule has 4 rings (SSSR count). The fraction of sp³-hybridized carbons (Fsp3) is 0.394. The smallest absolute Gasteiger partial charge is 0.273 e. The predicted octanol–water partition coefficient (Wildman–Crippen LogP) is 7.32. The van der Waals surface area contributed by atoms with Crippen molar-refractivity contribution in [1.29, 1.82) is 0 Å². The fourth-order valence-electron chi connectivity index (χ4n) is 5.74. The van der Waals surface area contributed by atoms with Gasteiger partial charge in [-0.15, -0.1) is 0 Å². The molecule has 2 amide bonds. The first-order valence-electron chi connectivity index (χ1n) is 15.4. The number of halogens is 3. The molecule has 0 saturated heterocycles. The first kappa shape index (κ1) is 37.2. The molecule has 1 fully saturated rings. The fourth-order valence-corrected chi connectivity index (χ4v) is 7.81. The summed E-state index contributed by atoms with van der Waals surface area (Å²) in [5, 5.41) is 15.6. The number of carbonyl (C=O) groups excluding carboxylic acids is 2. The van der Waals surface area contributed by atoms with Gasteiger partial charge in [0.15, 0.2) is 0 Å². The maximum atomic E-state index is 14.5. The highest BCUT2D eigenvalue weighted by atomic mass is 35.5. The molecule has 1 saturated carbocycles. The zero-order valence-corrected chi connectivity index (χ0v) is 29.8. The predicted molar refractivity (Wildman–Crippen MR) is 186 cm³/mol. The summed E-state index contributed by atoms with van der Waals surface area (Å²) in [4.78, 5) is 40.2. The van der Waals surface area contributed by atoms with Crippen LogP contribution < -0.4 is 14.4 Å². The third kappa shape index (κ3) is 8.71. The Morgan fingerprint density at radius 3 is 2.31 bits per heavy atom. The largest absolute Gasteiger partial charge is 0.495 e. The number of rotatable bonds is 13. The number of nitrogens with zero attached hydrogens (tertiary/aromatic N) is 3. The van der Waals surface area contributed by atoms with Gasteiger partial charge in [0.05, 0.1) is 22.6 Å². The first-order valence-corrected chi connectivity index (χ1v) is 18.0. The molecule has 3 aromatic rings. The molecule has 0 spiro atoms. The number of ether oxygens (including phenoxy) is 1. The van der Waals surface area contributed by atoms with Crippen molar-refractivity contribution < 1.29 is 27.7 Å². The van der Waals surface area contributed by atoms with Crippen LogP contribution in [0, 0.1) is 17.0 Å². The van der Waals surface area contributed by atoms with E-state index in [-0.39, 0.29) is 52.0 Å². The number of benzene rings is 3. The molecule has 0 radical (unpaired) electrons. The lowest BCUT2D eigenvalue weighted by molar-refractivity contribution is -0.385. The number of nitro benzene ring substituents is 1. The number of amides is 2. The second kappa shape index (κ2) is 16.2. The third-order valence-electron chi connectivity index (χ3n) is 8.35. The Bertz CT molecular complexity index is 1780. The summed E-state index contributed by atoms with van der Waals surface area (Å²) in [6, 6.07) is 11.5. The Kier molecular flexibility index (Phi) is 12.6. The van der Waals surface area contributed by atoms with Gasteiger partial charge < -0.3 is 15.0 Å². The zero-order chi connectivity index (χ0) is 35.2. The summed E-state index contributed by atoms with van der Waals surface area (Å²) in [5.41, 5.74) is 0.250. The topological polar surface area (TPSA) is 139 Å². The molecule has 1 aliphatic carbocycles. The highest BCUT2D eigenvalue weighted by Crippen LogP contribution is 2.36. The van der Waals surface area contributed by atoms with Crippen molar-refractivity contribution in [3.8, 4) is 5.75 Å². The maximum Gasteiger partial charge on any atom is 0.273 e. The van der Waals surface area contributed by atoms with E-state index in [1.807, 2.05) is 0 Å². The second-order valence-corrected chi connectivity index (χ2v) is 14.7. The van der Waals surface area contributed by atoms with E-state index in [9.17, 15) is 28.1 Å². The molecule has 3 aromatic carbocycles. The standard InChI is InChI=1S/C33H37Cl3N4O7S/c1-4-28(33(42)37-25-8-6-5-7-9-25)38(19-22-11-12-23(34)16-27(22)36)32(41)20-39(30-17-24(35)13-15-31(30)47-3)48(45,46)26-14-10-21(2)29(18-26)40(43)44/h10-18,25,28H,4-9,19-20H2,1-3H3,(H,37,42). The van der Waals surface area contributed by atoms with E-state index in [0.717, 1.165) is 42.5 Å². The van der Waals surface area contributed by atoms with Gasteiger partial charge in [-0.1, -0.05) is 73.1 Å². The van der Waals surface area contributed by atoms with E-state index >= 15 is 0 Å². The molecule has 1 aliphatic rings. The highest BCUT2D eigenvalue weighted by molar-refractivity contribution is 7.92. The summed E-state index contributed by atoms with van der Waals surface area (Å²) < 4.78 is 35.0. The van der Waals surface area contributed by atoms with Crippen molar-refractivity contribution in [1.82, 2.24) is 10.2 Å². The maximum absolute atomic E-state index is 14.5. The minimum absolute atomic E-state index is 0.0405. The number of nitro groups is 1. The molecule has 0 heterocycles. The number of hydrogen-bond donors (Lipinski definition) is 1. The quantitative estimate of drug-likeness (QED) is 0.143.